The van der Waals surface area contributed by atoms with Crippen molar-refractivity contribution in [3.8, 4) is 0 Å². The van der Waals surface area contributed by atoms with Gasteiger partial charge in [0.15, 0.2) is 0 Å². The molecule has 0 N–H and O–H groups in total. The molecule has 0 saturated heterocycles. The third kappa shape index (κ3) is 4.35. The first-order valence-corrected chi connectivity index (χ1v) is 15.3. The van der Waals surface area contributed by atoms with Gasteiger partial charge in [0.2, 0.25) is 0 Å². The molecule has 224 valence electrons. The average Bonchev–Trinajstić information content (AvgIpc) is 3.26. The predicted molar refractivity (Wildman–Crippen MR) is 164 cm³/mol. The summed E-state index contributed by atoms with van der Waals surface area (Å²) in [6, 6.07) is 24.8. The second kappa shape index (κ2) is 10.5. The predicted octanol–water partition coefficient (Wildman–Crippen LogP) is 7.64. The van der Waals surface area contributed by atoms with Gasteiger partial charge in [-0.1, -0.05) is 72.3 Å². The topological polar surface area (TPSA) is 70.1 Å². The van der Waals surface area contributed by atoms with Crippen LogP contribution >= 0.6 is 0 Å². The van der Waals surface area contributed by atoms with E-state index in [1.165, 1.54) is 33.6 Å². The molecule has 0 saturated carbocycles. The summed E-state index contributed by atoms with van der Waals surface area (Å²) in [5.74, 6) is -1.30. The van der Waals surface area contributed by atoms with Crippen molar-refractivity contribution >= 4 is 33.0 Å². The van der Waals surface area contributed by atoms with E-state index >= 15 is 0 Å². The van der Waals surface area contributed by atoms with E-state index in [4.69, 9.17) is 0 Å². The van der Waals surface area contributed by atoms with Gasteiger partial charge in [0.1, 0.15) is 5.41 Å². The number of rotatable bonds is 5. The van der Waals surface area contributed by atoms with Crippen LogP contribution in [0, 0.1) is 12.3 Å². The molecule has 2 aliphatic heterocycles. The van der Waals surface area contributed by atoms with Crippen molar-refractivity contribution < 1.29 is 26.4 Å². The fourth-order valence-electron chi connectivity index (χ4n) is 6.37. The number of amides is 1. The molecular weight excluding hydrogens is 587 g/mol. The molecule has 0 unspecified atom stereocenters. The largest absolute Gasteiger partial charge is 0.416 e. The quantitative estimate of drug-likeness (QED) is 0.217. The summed E-state index contributed by atoms with van der Waals surface area (Å²) in [4.78, 5) is 14.9. The number of hydrogen-bond donors (Lipinski definition) is 0. The molecule has 6 rings (SSSR count). The van der Waals surface area contributed by atoms with Gasteiger partial charge < -0.3 is 0 Å². The van der Waals surface area contributed by atoms with Gasteiger partial charge in [0.05, 0.1) is 33.6 Å². The van der Waals surface area contributed by atoms with Crippen molar-refractivity contribution in [2.45, 2.75) is 36.9 Å². The van der Waals surface area contributed by atoms with E-state index in [0.717, 1.165) is 17.7 Å². The molecule has 1 spiro atoms. The first-order chi connectivity index (χ1) is 20.9. The summed E-state index contributed by atoms with van der Waals surface area (Å²) < 4.78 is 71.6. The number of alkyl halides is 3. The third-order valence-corrected chi connectivity index (χ3v) is 10.2. The lowest BCUT2D eigenvalue weighted by atomic mass is 9.60. The highest BCUT2D eigenvalue weighted by atomic mass is 32.2. The number of allylic oxidation sites excluding steroid dienone is 1. The minimum Gasteiger partial charge on any atom is -0.271 e. The fraction of sp³-hybridized carbons (Fsp3) is 0.176. The number of carbonyl (C=O) groups is 1. The zero-order chi connectivity index (χ0) is 31.4. The van der Waals surface area contributed by atoms with E-state index < -0.39 is 45.0 Å². The molecule has 2 aliphatic rings. The Labute approximate surface area is 253 Å². The van der Waals surface area contributed by atoms with E-state index in [2.05, 4.69) is 11.7 Å². The van der Waals surface area contributed by atoms with Crippen molar-refractivity contribution in [2.24, 2.45) is 10.5 Å². The Morgan fingerprint density at radius 2 is 1.48 bits per heavy atom. The zero-order valence-electron chi connectivity index (χ0n) is 23.9. The van der Waals surface area contributed by atoms with Crippen LogP contribution in [0.15, 0.2) is 126 Å². The van der Waals surface area contributed by atoms with E-state index in [0.29, 0.717) is 22.6 Å². The van der Waals surface area contributed by atoms with Gasteiger partial charge >= 0.3 is 6.18 Å². The van der Waals surface area contributed by atoms with Crippen LogP contribution in [0.4, 0.5) is 24.5 Å². The van der Waals surface area contributed by atoms with Gasteiger partial charge in [-0.15, -0.1) is 6.58 Å². The smallest absolute Gasteiger partial charge is 0.271 e. The van der Waals surface area contributed by atoms with Gasteiger partial charge in [-0.3, -0.25) is 9.10 Å². The van der Waals surface area contributed by atoms with Crippen LogP contribution in [0.5, 0.6) is 0 Å². The Morgan fingerprint density at radius 1 is 0.864 bits per heavy atom. The maximum atomic E-state index is 14.9. The fourth-order valence-corrected chi connectivity index (χ4v) is 8.07. The van der Waals surface area contributed by atoms with Gasteiger partial charge in [-0.25, -0.2) is 8.42 Å². The molecule has 0 fully saturated rings. The van der Waals surface area contributed by atoms with Gasteiger partial charge in [-0.2, -0.15) is 23.3 Å². The van der Waals surface area contributed by atoms with Crippen LogP contribution in [0.2, 0.25) is 0 Å². The molecule has 4 aromatic rings. The number of fused-ring (bicyclic) bond motifs is 1. The molecule has 4 aromatic carbocycles. The molecular formula is C34H28F3N3O3S. The van der Waals surface area contributed by atoms with Crippen molar-refractivity contribution in [3.63, 3.8) is 0 Å². The highest BCUT2D eigenvalue weighted by molar-refractivity contribution is 7.92. The minimum atomic E-state index is -4.61. The summed E-state index contributed by atoms with van der Waals surface area (Å²) in [5, 5.41) is 5.92. The Kier molecular flexibility index (Phi) is 7.00. The number of sulfonamides is 1. The number of carbonyl (C=O) groups excluding carboxylic acids is 1. The summed E-state index contributed by atoms with van der Waals surface area (Å²) in [7, 11) is -4.40. The second-order valence-electron chi connectivity index (χ2n) is 10.9. The number of benzene rings is 4. The third-order valence-electron chi connectivity index (χ3n) is 8.43. The van der Waals surface area contributed by atoms with Crippen LogP contribution < -0.4 is 9.31 Å². The lowest BCUT2D eigenvalue weighted by Gasteiger charge is -2.51. The summed E-state index contributed by atoms with van der Waals surface area (Å²) >= 11 is 0. The van der Waals surface area contributed by atoms with Gasteiger partial charge in [0.25, 0.3) is 15.9 Å². The Balaban J connectivity index is 1.69. The molecule has 0 bridgehead atoms. The molecule has 44 heavy (non-hydrogen) atoms. The van der Waals surface area contributed by atoms with Crippen LogP contribution in [-0.2, 0) is 21.0 Å². The number of anilines is 2. The zero-order valence-corrected chi connectivity index (χ0v) is 24.7. The maximum Gasteiger partial charge on any atom is 0.416 e. The van der Waals surface area contributed by atoms with Crippen LogP contribution in [0.25, 0.3) is 0 Å². The number of hydrogen-bond acceptors (Lipinski definition) is 4. The molecule has 0 aliphatic carbocycles. The lowest BCUT2D eigenvalue weighted by Crippen LogP contribution is -2.57. The summed E-state index contributed by atoms with van der Waals surface area (Å²) in [6.45, 7) is 7.54. The monoisotopic (exact) mass is 615 g/mol. The second-order valence-corrected chi connectivity index (χ2v) is 12.7. The maximum absolute atomic E-state index is 14.9. The molecule has 0 aromatic heterocycles. The van der Waals surface area contributed by atoms with Crippen LogP contribution in [0.1, 0.15) is 41.1 Å². The number of para-hydroxylation sites is 2. The molecule has 10 heteroatoms. The number of nitrogens with zero attached hydrogens (tertiary/aromatic N) is 3. The molecule has 2 heterocycles. The molecule has 0 radical (unpaired) electrons. The first kappa shape index (κ1) is 29.4. The highest BCUT2D eigenvalue weighted by Gasteiger charge is 2.65. The molecule has 1 amide bonds. The first-order valence-electron chi connectivity index (χ1n) is 13.9. The van der Waals surface area contributed by atoms with E-state index in [1.54, 1.807) is 79.7 Å². The van der Waals surface area contributed by atoms with Crippen LogP contribution in [-0.4, -0.2) is 20.0 Å². The van der Waals surface area contributed by atoms with Gasteiger partial charge in [-0.05, 0) is 67.4 Å². The van der Waals surface area contributed by atoms with E-state index in [-0.39, 0.29) is 10.5 Å². The van der Waals surface area contributed by atoms with Crippen LogP contribution in [0.3, 0.4) is 0 Å². The average molecular weight is 616 g/mol. The van der Waals surface area contributed by atoms with Crippen molar-refractivity contribution in [2.75, 3.05) is 9.31 Å². The normalized spacial score (nSPS) is 21.8. The standard InChI is InChI=1S/C34H28F3N3O3S/c1-4-29-28-12-8-9-13-30(28)40(44(42,43)27-20-14-22(2)15-21-27)31(24-16-18-25(19-17-24)34(35,36)37)33(29)23(3)38-39(32(33)41)26-10-6-5-7-11-26/h4-21,29,31H,1H2,2-3H3/t29-,31-,33+/m0/s1. The van der Waals surface area contributed by atoms with E-state index in [1.807, 2.05) is 6.92 Å². The Morgan fingerprint density at radius 3 is 2.09 bits per heavy atom. The molecule has 3 atom stereocenters. The van der Waals surface area contributed by atoms with Crippen molar-refractivity contribution in [1.82, 2.24) is 0 Å². The number of aryl methyl sites for hydroxylation is 1. The minimum absolute atomic E-state index is 0.0260. The highest BCUT2D eigenvalue weighted by Crippen LogP contribution is 2.61. The summed E-state index contributed by atoms with van der Waals surface area (Å²) in [6.07, 6.45) is -3.02. The number of halogens is 3. The number of hydrazone groups is 1. The SMILES string of the molecule is C=C[C@H]1c2ccccc2N(S(=O)(=O)c2ccc(C)cc2)[C@@H](c2ccc(C(F)(F)F)cc2)[C@]12C(=O)N(c1ccccc1)N=C2C. The Hall–Kier alpha value is -4.70. The van der Waals surface area contributed by atoms with E-state index in [9.17, 15) is 26.4 Å². The van der Waals surface area contributed by atoms with Crippen molar-refractivity contribution in [1.29, 1.82) is 0 Å². The molecule has 6 nitrogen and oxygen atoms in total. The van der Waals surface area contributed by atoms with Gasteiger partial charge in [0, 0.05) is 5.92 Å². The lowest BCUT2D eigenvalue weighted by molar-refractivity contribution is -0.137. The van der Waals surface area contributed by atoms with Crippen molar-refractivity contribution in [3.05, 3.63) is 138 Å². The Bertz CT molecular complexity index is 1890. The summed E-state index contributed by atoms with van der Waals surface area (Å²) in [5.41, 5.74) is 0.0592.